The second-order valence-corrected chi connectivity index (χ2v) is 6.03. The SMILES string of the molecule is N/C=C(/C(=O)NCC(N)=O)c1ncc(Cc2cc(C(F)(F)F)ccc2Cl)cn1. The largest absolute Gasteiger partial charge is 0.416 e. The van der Waals surface area contributed by atoms with E-state index in [4.69, 9.17) is 23.1 Å². The minimum Gasteiger partial charge on any atom is -0.404 e. The molecule has 28 heavy (non-hydrogen) atoms. The van der Waals surface area contributed by atoms with Crippen LogP contribution in [-0.4, -0.2) is 28.3 Å². The van der Waals surface area contributed by atoms with Crippen molar-refractivity contribution in [2.45, 2.75) is 12.6 Å². The summed E-state index contributed by atoms with van der Waals surface area (Å²) in [7, 11) is 0. The highest BCUT2D eigenvalue weighted by Crippen LogP contribution is 2.32. The summed E-state index contributed by atoms with van der Waals surface area (Å²) in [6, 6.07) is 3.03. The number of alkyl halides is 3. The van der Waals surface area contributed by atoms with E-state index in [0.717, 1.165) is 18.3 Å². The maximum Gasteiger partial charge on any atom is 0.416 e. The van der Waals surface area contributed by atoms with Gasteiger partial charge in [-0.3, -0.25) is 9.59 Å². The molecule has 2 amide bonds. The Balaban J connectivity index is 2.19. The zero-order valence-corrected chi connectivity index (χ0v) is 15.0. The van der Waals surface area contributed by atoms with E-state index in [1.54, 1.807) is 0 Å². The van der Waals surface area contributed by atoms with Gasteiger partial charge >= 0.3 is 6.18 Å². The summed E-state index contributed by atoms with van der Waals surface area (Å²) in [6.07, 6.45) is -0.792. The Kier molecular flexibility index (Phi) is 6.57. The van der Waals surface area contributed by atoms with Crippen LogP contribution >= 0.6 is 11.6 Å². The second-order valence-electron chi connectivity index (χ2n) is 5.62. The van der Waals surface area contributed by atoms with E-state index in [1.165, 1.54) is 18.5 Å². The molecule has 1 aromatic heterocycles. The molecule has 0 atom stereocenters. The highest BCUT2D eigenvalue weighted by molar-refractivity contribution is 6.31. The van der Waals surface area contributed by atoms with Crippen LogP contribution in [0.2, 0.25) is 5.02 Å². The standard InChI is InChI=1S/C17H15ClF3N5O2/c18-13-2-1-11(17(19,20)21)4-10(13)3-9-6-24-15(25-7-9)12(5-22)16(28)26-8-14(23)27/h1-2,4-7H,3,8,22H2,(H2,23,27)(H,26,28)/b12-5+. The molecule has 7 nitrogen and oxygen atoms in total. The van der Waals surface area contributed by atoms with Crippen LogP contribution in [0.15, 0.2) is 36.8 Å². The monoisotopic (exact) mass is 413 g/mol. The number of carbonyl (C=O) groups excluding carboxylic acids is 2. The number of aromatic nitrogens is 2. The zero-order chi connectivity index (χ0) is 20.9. The summed E-state index contributed by atoms with van der Waals surface area (Å²) in [5, 5.41) is 2.42. The molecule has 0 fully saturated rings. The normalized spacial score (nSPS) is 11.9. The van der Waals surface area contributed by atoms with Crippen molar-refractivity contribution in [2.75, 3.05) is 6.54 Å². The zero-order valence-electron chi connectivity index (χ0n) is 14.3. The Labute approximate surface area is 162 Å². The molecule has 2 rings (SSSR count). The van der Waals surface area contributed by atoms with Crippen LogP contribution in [0.4, 0.5) is 13.2 Å². The summed E-state index contributed by atoms with van der Waals surface area (Å²) in [4.78, 5) is 30.7. The molecule has 2 aromatic rings. The van der Waals surface area contributed by atoms with Gasteiger partial charge in [-0.05, 0) is 29.3 Å². The minimum atomic E-state index is -4.49. The molecule has 0 unspecified atom stereocenters. The van der Waals surface area contributed by atoms with Crippen LogP contribution in [0, 0.1) is 0 Å². The van der Waals surface area contributed by atoms with Crippen LogP contribution in [0.25, 0.3) is 5.57 Å². The number of hydrogen-bond donors (Lipinski definition) is 3. The van der Waals surface area contributed by atoms with Gasteiger partial charge in [0.05, 0.1) is 17.7 Å². The molecule has 0 spiro atoms. The number of amides is 2. The summed E-state index contributed by atoms with van der Waals surface area (Å²) >= 11 is 5.98. The maximum absolute atomic E-state index is 12.9. The molecule has 1 aromatic carbocycles. The number of rotatable bonds is 6. The molecule has 0 aliphatic heterocycles. The molecule has 0 aliphatic carbocycles. The smallest absolute Gasteiger partial charge is 0.404 e. The number of carbonyl (C=O) groups is 2. The van der Waals surface area contributed by atoms with Crippen molar-refractivity contribution in [2.24, 2.45) is 11.5 Å². The van der Waals surface area contributed by atoms with Gasteiger partial charge in [-0.1, -0.05) is 11.6 Å². The predicted octanol–water partition coefficient (Wildman–Crippen LogP) is 1.64. The Morgan fingerprint density at radius 1 is 1.21 bits per heavy atom. The topological polar surface area (TPSA) is 124 Å². The lowest BCUT2D eigenvalue weighted by atomic mass is 10.0. The van der Waals surface area contributed by atoms with Crippen LogP contribution in [0.1, 0.15) is 22.5 Å². The number of nitrogens with zero attached hydrogens (tertiary/aromatic N) is 2. The van der Waals surface area contributed by atoms with Crippen molar-refractivity contribution in [3.63, 3.8) is 0 Å². The fourth-order valence-electron chi connectivity index (χ4n) is 2.21. The van der Waals surface area contributed by atoms with E-state index in [-0.39, 0.29) is 34.9 Å². The number of primary amides is 1. The number of nitrogens with one attached hydrogen (secondary N) is 1. The lowest BCUT2D eigenvalue weighted by Gasteiger charge is -2.11. The van der Waals surface area contributed by atoms with Gasteiger partial charge in [-0.2, -0.15) is 13.2 Å². The van der Waals surface area contributed by atoms with Gasteiger partial charge in [0.25, 0.3) is 5.91 Å². The van der Waals surface area contributed by atoms with E-state index in [2.05, 4.69) is 15.3 Å². The van der Waals surface area contributed by atoms with Crippen LogP contribution in [-0.2, 0) is 22.2 Å². The van der Waals surface area contributed by atoms with Crippen molar-refractivity contribution in [3.8, 4) is 0 Å². The Morgan fingerprint density at radius 2 is 1.86 bits per heavy atom. The maximum atomic E-state index is 12.9. The Morgan fingerprint density at radius 3 is 2.39 bits per heavy atom. The first-order valence-corrected chi connectivity index (χ1v) is 8.15. The van der Waals surface area contributed by atoms with Gasteiger partial charge in [0.1, 0.15) is 0 Å². The molecule has 11 heteroatoms. The van der Waals surface area contributed by atoms with Crippen molar-refractivity contribution < 1.29 is 22.8 Å². The first-order valence-electron chi connectivity index (χ1n) is 7.77. The lowest BCUT2D eigenvalue weighted by molar-refractivity contribution is -0.137. The fraction of sp³-hybridized carbons (Fsp3) is 0.176. The highest BCUT2D eigenvalue weighted by Gasteiger charge is 2.30. The van der Waals surface area contributed by atoms with E-state index < -0.39 is 23.6 Å². The highest BCUT2D eigenvalue weighted by atomic mass is 35.5. The quantitative estimate of drug-likeness (QED) is 0.621. The minimum absolute atomic E-state index is 0.0247. The first kappa shape index (κ1) is 21.2. The number of benzene rings is 1. The van der Waals surface area contributed by atoms with Crippen LogP contribution < -0.4 is 16.8 Å². The molecule has 0 radical (unpaired) electrons. The lowest BCUT2D eigenvalue weighted by Crippen LogP contribution is -2.34. The molecular weight excluding hydrogens is 399 g/mol. The summed E-state index contributed by atoms with van der Waals surface area (Å²) in [5.74, 6) is -1.46. The second kappa shape index (κ2) is 8.70. The molecule has 0 saturated heterocycles. The third-order valence-corrected chi connectivity index (χ3v) is 3.92. The molecule has 1 heterocycles. The van der Waals surface area contributed by atoms with Gasteiger partial charge in [0.2, 0.25) is 5.91 Å². The predicted molar refractivity (Wildman–Crippen MR) is 95.7 cm³/mol. The number of hydrogen-bond acceptors (Lipinski definition) is 5. The van der Waals surface area contributed by atoms with E-state index in [0.29, 0.717) is 5.56 Å². The molecule has 0 bridgehead atoms. The van der Waals surface area contributed by atoms with Crippen LogP contribution in [0.3, 0.4) is 0 Å². The van der Waals surface area contributed by atoms with Gasteiger partial charge in [0, 0.05) is 30.0 Å². The molecule has 148 valence electrons. The number of nitrogens with two attached hydrogens (primary N) is 2. The third kappa shape index (κ3) is 5.43. The van der Waals surface area contributed by atoms with Gasteiger partial charge in [0.15, 0.2) is 5.82 Å². The molecule has 0 aliphatic rings. The number of halogens is 4. The van der Waals surface area contributed by atoms with Gasteiger partial charge < -0.3 is 16.8 Å². The van der Waals surface area contributed by atoms with Gasteiger partial charge in [-0.25, -0.2) is 9.97 Å². The molecular formula is C17H15ClF3N5O2. The summed E-state index contributed by atoms with van der Waals surface area (Å²) in [5.41, 5.74) is 10.2. The van der Waals surface area contributed by atoms with E-state index in [9.17, 15) is 22.8 Å². The van der Waals surface area contributed by atoms with E-state index >= 15 is 0 Å². The Hall–Kier alpha value is -3.14. The van der Waals surface area contributed by atoms with Crippen LogP contribution in [0.5, 0.6) is 0 Å². The average molecular weight is 414 g/mol. The van der Waals surface area contributed by atoms with Crippen molar-refractivity contribution in [3.05, 3.63) is 64.3 Å². The Bertz CT molecular complexity index is 914. The average Bonchev–Trinajstić information content (AvgIpc) is 2.63. The van der Waals surface area contributed by atoms with Crippen molar-refractivity contribution in [1.29, 1.82) is 0 Å². The third-order valence-electron chi connectivity index (χ3n) is 3.55. The molecule has 5 N–H and O–H groups in total. The fourth-order valence-corrected chi connectivity index (χ4v) is 2.39. The van der Waals surface area contributed by atoms with Gasteiger partial charge in [-0.15, -0.1) is 0 Å². The summed E-state index contributed by atoms with van der Waals surface area (Å²) < 4.78 is 38.6. The first-order chi connectivity index (χ1) is 13.1. The van der Waals surface area contributed by atoms with E-state index in [1.807, 2.05) is 0 Å². The van der Waals surface area contributed by atoms with Crippen molar-refractivity contribution in [1.82, 2.24) is 15.3 Å². The summed E-state index contributed by atoms with van der Waals surface area (Å²) in [6.45, 7) is -0.387. The molecule has 0 saturated carbocycles. The van der Waals surface area contributed by atoms with Crippen molar-refractivity contribution >= 4 is 29.0 Å².